The molecule has 0 bridgehead atoms. The van der Waals surface area contributed by atoms with Gasteiger partial charge in [0.2, 0.25) is 0 Å². The third kappa shape index (κ3) is 9.78. The normalized spacial score (nSPS) is 13.1. The molecule has 37 heavy (non-hydrogen) atoms. The highest BCUT2D eigenvalue weighted by molar-refractivity contribution is 6.01. The summed E-state index contributed by atoms with van der Waals surface area (Å²) in [6, 6.07) is 8.82. The molecule has 1 unspecified atom stereocenters. The number of halogens is 1. The summed E-state index contributed by atoms with van der Waals surface area (Å²) >= 11 is 0. The first-order valence-electron chi connectivity index (χ1n) is 13.3. The van der Waals surface area contributed by atoms with Crippen molar-refractivity contribution in [1.82, 2.24) is 5.48 Å². The lowest BCUT2D eigenvalue weighted by Crippen LogP contribution is -2.32. The Labute approximate surface area is 222 Å². The Bertz CT molecular complexity index is 1010. The molecule has 2 aromatic carbocycles. The Balaban J connectivity index is 0.00000163. The number of anilines is 3. The second-order valence-electron chi connectivity index (χ2n) is 8.54. The number of hydroxylamine groups is 1. The van der Waals surface area contributed by atoms with Gasteiger partial charge in [-0.25, -0.2) is 9.87 Å². The number of nitrogens with one attached hydrogen (secondary N) is 2. The highest BCUT2D eigenvalue weighted by Gasteiger charge is 2.25. The van der Waals surface area contributed by atoms with Crippen LogP contribution in [0.3, 0.4) is 0 Å². The maximum atomic E-state index is 15.9. The zero-order valence-corrected chi connectivity index (χ0v) is 23.7. The zero-order chi connectivity index (χ0) is 28.0. The van der Waals surface area contributed by atoms with Gasteiger partial charge in [0.1, 0.15) is 0 Å². The maximum Gasteiger partial charge on any atom is 0.277 e. The molecule has 3 rings (SSSR count). The van der Waals surface area contributed by atoms with Gasteiger partial charge in [-0.1, -0.05) is 52.3 Å². The number of rotatable bonds is 11. The Hall–Kier alpha value is -2.97. The first-order chi connectivity index (χ1) is 17.8. The number of hydrogen-bond donors (Lipinski definition) is 3. The van der Waals surface area contributed by atoms with Crippen LogP contribution >= 0.6 is 0 Å². The molecule has 206 valence electrons. The van der Waals surface area contributed by atoms with Gasteiger partial charge in [0.15, 0.2) is 5.82 Å². The van der Waals surface area contributed by atoms with Crippen LogP contribution < -0.4 is 15.7 Å². The first kappa shape index (κ1) is 32.1. The fourth-order valence-corrected chi connectivity index (χ4v) is 3.45. The van der Waals surface area contributed by atoms with Crippen LogP contribution in [0.1, 0.15) is 75.4 Å². The van der Waals surface area contributed by atoms with E-state index in [1.807, 2.05) is 66.7 Å². The first-order valence-corrected chi connectivity index (χ1v) is 13.3. The van der Waals surface area contributed by atoms with Gasteiger partial charge >= 0.3 is 0 Å². The molecule has 0 spiro atoms. The highest BCUT2D eigenvalue weighted by atomic mass is 19.1. The highest BCUT2D eigenvalue weighted by Crippen LogP contribution is 2.33. The summed E-state index contributed by atoms with van der Waals surface area (Å²) in [6.45, 7) is 14.4. The molecule has 3 N–H and O–H groups in total. The summed E-state index contributed by atoms with van der Waals surface area (Å²) in [7, 11) is 1.58. The second kappa shape index (κ2) is 16.7. The van der Waals surface area contributed by atoms with Gasteiger partial charge in [0.25, 0.3) is 5.91 Å². The summed E-state index contributed by atoms with van der Waals surface area (Å²) in [4.78, 5) is 23.7. The van der Waals surface area contributed by atoms with Crippen molar-refractivity contribution in [2.24, 2.45) is 10.9 Å². The second-order valence-corrected chi connectivity index (χ2v) is 8.54. The van der Waals surface area contributed by atoms with Crippen LogP contribution in [0.25, 0.3) is 0 Å². The van der Waals surface area contributed by atoms with Crippen molar-refractivity contribution in [1.29, 1.82) is 0 Å². The number of aliphatic hydroxyl groups excluding tert-OH is 1. The number of aliphatic hydroxyl groups is 1. The van der Waals surface area contributed by atoms with Crippen molar-refractivity contribution in [2.45, 2.75) is 73.8 Å². The van der Waals surface area contributed by atoms with Crippen molar-refractivity contribution in [2.75, 3.05) is 30.4 Å². The van der Waals surface area contributed by atoms with Gasteiger partial charge in [-0.15, -0.1) is 0 Å². The lowest BCUT2D eigenvalue weighted by molar-refractivity contribution is 0.0271. The zero-order valence-electron chi connectivity index (χ0n) is 23.7. The molecule has 0 aromatic heterocycles. The molecule has 0 saturated heterocycles. The van der Waals surface area contributed by atoms with E-state index in [4.69, 9.17) is 4.84 Å². The van der Waals surface area contributed by atoms with Crippen LogP contribution in [0.5, 0.6) is 0 Å². The summed E-state index contributed by atoms with van der Waals surface area (Å²) < 4.78 is 15.9. The third-order valence-electron chi connectivity index (χ3n) is 5.63. The minimum atomic E-state index is -0.656. The van der Waals surface area contributed by atoms with Crippen molar-refractivity contribution < 1.29 is 19.1 Å². The van der Waals surface area contributed by atoms with Crippen LogP contribution in [0.4, 0.5) is 21.5 Å². The van der Waals surface area contributed by atoms with E-state index < -0.39 is 17.8 Å². The van der Waals surface area contributed by atoms with Gasteiger partial charge in [-0.3, -0.25) is 14.6 Å². The molecule has 0 aliphatic heterocycles. The smallest absolute Gasteiger partial charge is 0.277 e. The van der Waals surface area contributed by atoms with Crippen molar-refractivity contribution in [3.8, 4) is 0 Å². The Morgan fingerprint density at radius 1 is 1.22 bits per heavy atom. The fraction of sp³-hybridized carbons (Fsp3) is 0.517. The maximum absolute atomic E-state index is 15.9. The number of aliphatic imine (C=N–C) groups is 1. The van der Waals surface area contributed by atoms with E-state index in [2.05, 4.69) is 15.8 Å². The Kier molecular flexibility index (Phi) is 14.5. The lowest BCUT2D eigenvalue weighted by atomic mass is 10.1. The van der Waals surface area contributed by atoms with E-state index in [1.165, 1.54) is 12.4 Å². The number of nitrogens with zero attached hydrogens (tertiary/aromatic N) is 2. The van der Waals surface area contributed by atoms with Gasteiger partial charge in [-0.2, -0.15) is 0 Å². The van der Waals surface area contributed by atoms with Crippen molar-refractivity contribution in [3.63, 3.8) is 0 Å². The molecule has 1 saturated carbocycles. The van der Waals surface area contributed by atoms with E-state index in [-0.39, 0.29) is 23.5 Å². The number of benzene rings is 2. The van der Waals surface area contributed by atoms with E-state index >= 15 is 4.39 Å². The predicted molar refractivity (Wildman–Crippen MR) is 152 cm³/mol. The van der Waals surface area contributed by atoms with Crippen molar-refractivity contribution >= 4 is 29.3 Å². The van der Waals surface area contributed by atoms with E-state index in [0.717, 1.165) is 24.0 Å². The van der Waals surface area contributed by atoms with Gasteiger partial charge < -0.3 is 15.3 Å². The molecule has 8 heteroatoms. The van der Waals surface area contributed by atoms with Crippen LogP contribution in [-0.4, -0.2) is 43.7 Å². The largest absolute Gasteiger partial charge is 0.391 e. The number of aryl methyl sites for hydroxylation is 2. The van der Waals surface area contributed by atoms with Crippen LogP contribution in [0.15, 0.2) is 35.3 Å². The van der Waals surface area contributed by atoms with Crippen LogP contribution in [0.2, 0.25) is 0 Å². The topological polar surface area (TPSA) is 86.2 Å². The summed E-state index contributed by atoms with van der Waals surface area (Å²) in [6.07, 6.45) is 3.52. The molecule has 1 aliphatic carbocycles. The molecule has 2 aromatic rings. The number of hydrogen-bond acceptors (Lipinski definition) is 5. The van der Waals surface area contributed by atoms with E-state index in [1.54, 1.807) is 18.0 Å². The van der Waals surface area contributed by atoms with Gasteiger partial charge in [-0.05, 0) is 62.8 Å². The molecule has 0 radical (unpaired) electrons. The minimum Gasteiger partial charge on any atom is -0.391 e. The van der Waals surface area contributed by atoms with Gasteiger partial charge in [0, 0.05) is 12.7 Å². The average molecular weight is 517 g/mol. The van der Waals surface area contributed by atoms with Gasteiger partial charge in [0.05, 0.1) is 42.5 Å². The monoisotopic (exact) mass is 516 g/mol. The number of carbonyl (C=O) groups excluding carboxylic acids is 1. The average Bonchev–Trinajstić information content (AvgIpc) is 3.73. The van der Waals surface area contributed by atoms with Crippen LogP contribution in [0, 0.1) is 25.6 Å². The lowest BCUT2D eigenvalue weighted by Gasteiger charge is -2.25. The fourth-order valence-electron chi connectivity index (χ4n) is 3.45. The number of amides is 1. The quantitative estimate of drug-likeness (QED) is 0.179. The van der Waals surface area contributed by atoms with E-state index in [0.29, 0.717) is 24.6 Å². The summed E-state index contributed by atoms with van der Waals surface area (Å²) in [5.74, 6) is -0.671. The number of carbonyl (C=O) groups is 1. The standard InChI is InChI=1S/C25H33FN4O3.2C2H6/c1-5-19(31)13-30(15-27-4)22-11-9-20(25(32)29-33-14-18-7-8-18)24(23(22)26)28-21-10-6-16(2)12-17(21)3;2*1-2/h6,9-12,15,18-19,28,31H,5,7-8,13-14H2,1-4H3,(H,29,32);2*1-2H3. The molecular weight excluding hydrogens is 471 g/mol. The summed E-state index contributed by atoms with van der Waals surface area (Å²) in [5, 5.41) is 13.3. The molecule has 7 nitrogen and oxygen atoms in total. The summed E-state index contributed by atoms with van der Waals surface area (Å²) in [5.41, 5.74) is 5.49. The molecule has 1 aliphatic rings. The van der Waals surface area contributed by atoms with E-state index in [9.17, 15) is 9.90 Å². The molecule has 1 amide bonds. The Morgan fingerprint density at radius 2 is 1.89 bits per heavy atom. The predicted octanol–water partition coefficient (Wildman–Crippen LogP) is 6.55. The van der Waals surface area contributed by atoms with Crippen molar-refractivity contribution in [3.05, 3.63) is 52.8 Å². The molecular formula is C29H45FN4O3. The molecule has 0 heterocycles. The molecule has 1 fully saturated rings. The molecule has 1 atom stereocenters. The Morgan fingerprint density at radius 3 is 2.46 bits per heavy atom. The van der Waals surface area contributed by atoms with Crippen LogP contribution in [-0.2, 0) is 4.84 Å². The minimum absolute atomic E-state index is 0.0347. The third-order valence-corrected chi connectivity index (χ3v) is 5.63. The SMILES string of the molecule is CC.CC.CCC(O)CN(C=NC)c1ccc(C(=O)NOCC2CC2)c(Nc2ccc(C)cc2C)c1F.